The molecule has 0 aliphatic carbocycles. The number of carbonyl (C=O) groups excluding carboxylic acids is 1. The minimum atomic E-state index is -1.27. The van der Waals surface area contributed by atoms with Crippen LogP contribution in [-0.2, 0) is 6.42 Å². The molecule has 0 radical (unpaired) electrons. The number of hydrogen-bond acceptors (Lipinski definition) is 2. The van der Waals surface area contributed by atoms with Crippen molar-refractivity contribution in [1.82, 2.24) is 0 Å². The number of benzene rings is 4. The van der Waals surface area contributed by atoms with Crippen molar-refractivity contribution in [2.75, 3.05) is 0 Å². The van der Waals surface area contributed by atoms with Gasteiger partial charge < -0.3 is 4.74 Å². The predicted molar refractivity (Wildman–Crippen MR) is 123 cm³/mol. The van der Waals surface area contributed by atoms with Gasteiger partial charge in [0.15, 0.2) is 11.6 Å². The Balaban J connectivity index is 1.53. The molecular weight excluding hydrogens is 425 g/mol. The molecule has 0 unspecified atom stereocenters. The summed E-state index contributed by atoms with van der Waals surface area (Å²) >= 11 is 0. The van der Waals surface area contributed by atoms with Crippen LogP contribution in [-0.4, -0.2) is 5.97 Å². The van der Waals surface area contributed by atoms with Crippen molar-refractivity contribution in [2.24, 2.45) is 0 Å². The minimum Gasteiger partial charge on any atom is -0.423 e. The highest BCUT2D eigenvalue weighted by molar-refractivity contribution is 5.92. The molecule has 0 spiro atoms. The Kier molecular flexibility index (Phi) is 6.31. The van der Waals surface area contributed by atoms with E-state index >= 15 is 0 Å². The minimum absolute atomic E-state index is 0.0597. The average Bonchev–Trinajstić information content (AvgIpc) is 2.82. The zero-order valence-electron chi connectivity index (χ0n) is 18.2. The second-order valence-corrected chi connectivity index (χ2v) is 7.74. The smallest absolute Gasteiger partial charge is 0.346 e. The van der Waals surface area contributed by atoms with Gasteiger partial charge in [0.2, 0.25) is 0 Å². The third-order valence-corrected chi connectivity index (χ3v) is 5.48. The van der Waals surface area contributed by atoms with Crippen LogP contribution in [0.4, 0.5) is 13.2 Å². The lowest BCUT2D eigenvalue weighted by Crippen LogP contribution is -2.12. The summed E-state index contributed by atoms with van der Waals surface area (Å²) < 4.78 is 48.9. The largest absolute Gasteiger partial charge is 0.423 e. The van der Waals surface area contributed by atoms with Crippen molar-refractivity contribution >= 4 is 5.97 Å². The Morgan fingerprint density at radius 2 is 1.36 bits per heavy atom. The van der Waals surface area contributed by atoms with E-state index in [-0.39, 0.29) is 17.1 Å². The topological polar surface area (TPSA) is 26.3 Å². The summed E-state index contributed by atoms with van der Waals surface area (Å²) in [5.74, 6) is -3.61. The van der Waals surface area contributed by atoms with Gasteiger partial charge in [0.05, 0.1) is 5.56 Å². The van der Waals surface area contributed by atoms with Crippen LogP contribution < -0.4 is 4.74 Å². The normalized spacial score (nSPS) is 10.8. The molecule has 5 heteroatoms. The van der Waals surface area contributed by atoms with Gasteiger partial charge in [-0.2, -0.15) is 0 Å². The number of esters is 1. The van der Waals surface area contributed by atoms with Crippen LogP contribution in [0.1, 0.15) is 28.4 Å². The molecule has 0 heterocycles. The first-order valence-electron chi connectivity index (χ1n) is 10.5. The Morgan fingerprint density at radius 3 is 2.00 bits per heavy atom. The second kappa shape index (κ2) is 9.33. The van der Waals surface area contributed by atoms with Crippen LogP contribution >= 0.6 is 0 Å². The van der Waals surface area contributed by atoms with Crippen LogP contribution in [0.25, 0.3) is 22.3 Å². The molecule has 4 rings (SSSR count). The Morgan fingerprint density at radius 1 is 0.758 bits per heavy atom. The Bertz CT molecular complexity index is 1310. The number of carbonyl (C=O) groups is 1. The maximum Gasteiger partial charge on any atom is 0.346 e. The standard InChI is InChI=1S/C28H21F3O2/c1-3-18-6-13-22(25(29)16-18)19-9-11-21(12-10-19)33-28(32)24-15-14-23(26(30)27(24)31)20-7-4-17(2)5-8-20/h4-16H,3H2,1-2H3. The lowest BCUT2D eigenvalue weighted by atomic mass is 10.0. The summed E-state index contributed by atoms with van der Waals surface area (Å²) in [4.78, 5) is 12.5. The van der Waals surface area contributed by atoms with E-state index in [0.717, 1.165) is 17.5 Å². The summed E-state index contributed by atoms with van der Waals surface area (Å²) in [6.45, 7) is 3.84. The number of aryl methyl sites for hydroxylation is 2. The van der Waals surface area contributed by atoms with Crippen LogP contribution in [0.5, 0.6) is 5.75 Å². The fourth-order valence-corrected chi connectivity index (χ4v) is 3.54. The molecule has 0 aliphatic heterocycles. The van der Waals surface area contributed by atoms with E-state index in [0.29, 0.717) is 16.7 Å². The van der Waals surface area contributed by atoms with Gasteiger partial charge in [0, 0.05) is 11.1 Å². The van der Waals surface area contributed by atoms with Crippen molar-refractivity contribution in [2.45, 2.75) is 20.3 Å². The molecule has 0 N–H and O–H groups in total. The summed E-state index contributed by atoms with van der Waals surface area (Å²) in [5, 5.41) is 0. The highest BCUT2D eigenvalue weighted by Gasteiger charge is 2.21. The molecule has 0 saturated heterocycles. The molecule has 0 saturated carbocycles. The zero-order valence-corrected chi connectivity index (χ0v) is 18.2. The van der Waals surface area contributed by atoms with E-state index in [1.807, 2.05) is 19.9 Å². The third kappa shape index (κ3) is 4.67. The van der Waals surface area contributed by atoms with Crippen molar-refractivity contribution in [3.63, 3.8) is 0 Å². The Hall–Kier alpha value is -3.86. The molecular formula is C28H21F3O2. The maximum atomic E-state index is 14.7. The summed E-state index contributed by atoms with van der Waals surface area (Å²) in [5.41, 5.74) is 2.97. The van der Waals surface area contributed by atoms with Crippen molar-refractivity contribution in [3.05, 3.63) is 113 Å². The Labute approximate surface area is 190 Å². The molecule has 0 aliphatic rings. The molecule has 4 aromatic rings. The first-order chi connectivity index (χ1) is 15.9. The molecule has 0 atom stereocenters. The van der Waals surface area contributed by atoms with Crippen LogP contribution in [0.3, 0.4) is 0 Å². The lowest BCUT2D eigenvalue weighted by Gasteiger charge is -2.10. The van der Waals surface area contributed by atoms with E-state index in [1.54, 1.807) is 42.5 Å². The summed E-state index contributed by atoms with van der Waals surface area (Å²) in [7, 11) is 0. The average molecular weight is 446 g/mol. The fourth-order valence-electron chi connectivity index (χ4n) is 3.54. The van der Waals surface area contributed by atoms with Crippen LogP contribution in [0.15, 0.2) is 78.9 Å². The first kappa shape index (κ1) is 22.3. The van der Waals surface area contributed by atoms with Gasteiger partial charge in [0.25, 0.3) is 0 Å². The van der Waals surface area contributed by atoms with Crippen molar-refractivity contribution in [3.8, 4) is 28.0 Å². The maximum absolute atomic E-state index is 14.7. The monoisotopic (exact) mass is 446 g/mol. The van der Waals surface area contributed by atoms with Crippen molar-refractivity contribution in [1.29, 1.82) is 0 Å². The third-order valence-electron chi connectivity index (χ3n) is 5.48. The van der Waals surface area contributed by atoms with Gasteiger partial charge in [-0.25, -0.2) is 18.0 Å². The summed E-state index contributed by atoms with van der Waals surface area (Å²) in [6.07, 6.45) is 0.731. The zero-order chi connectivity index (χ0) is 23.5. The van der Waals surface area contributed by atoms with Gasteiger partial charge >= 0.3 is 5.97 Å². The second-order valence-electron chi connectivity index (χ2n) is 7.74. The van der Waals surface area contributed by atoms with Gasteiger partial charge in [-0.1, -0.05) is 67.1 Å². The van der Waals surface area contributed by atoms with E-state index in [4.69, 9.17) is 4.74 Å². The fraction of sp³-hybridized carbons (Fsp3) is 0.107. The number of rotatable bonds is 5. The molecule has 2 nitrogen and oxygen atoms in total. The molecule has 166 valence electrons. The van der Waals surface area contributed by atoms with E-state index in [2.05, 4.69) is 0 Å². The lowest BCUT2D eigenvalue weighted by molar-refractivity contribution is 0.0728. The number of hydrogen-bond donors (Lipinski definition) is 0. The summed E-state index contributed by atoms with van der Waals surface area (Å²) in [6, 6.07) is 20.7. The van der Waals surface area contributed by atoms with Gasteiger partial charge in [-0.15, -0.1) is 0 Å². The highest BCUT2D eigenvalue weighted by Crippen LogP contribution is 2.29. The van der Waals surface area contributed by atoms with Crippen LogP contribution in [0.2, 0.25) is 0 Å². The molecule has 4 aromatic carbocycles. The predicted octanol–water partition coefficient (Wildman–Crippen LogP) is 7.53. The number of halogens is 3. The van der Waals surface area contributed by atoms with Gasteiger partial charge in [-0.05, 0) is 54.3 Å². The quantitative estimate of drug-likeness (QED) is 0.234. The molecule has 0 bridgehead atoms. The van der Waals surface area contributed by atoms with Crippen molar-refractivity contribution < 1.29 is 22.7 Å². The van der Waals surface area contributed by atoms with E-state index in [1.165, 1.54) is 30.3 Å². The highest BCUT2D eigenvalue weighted by atomic mass is 19.2. The van der Waals surface area contributed by atoms with E-state index in [9.17, 15) is 18.0 Å². The van der Waals surface area contributed by atoms with Crippen LogP contribution in [0, 0.1) is 24.4 Å². The molecule has 0 amide bonds. The first-order valence-corrected chi connectivity index (χ1v) is 10.5. The van der Waals surface area contributed by atoms with E-state index < -0.39 is 23.2 Å². The molecule has 0 aromatic heterocycles. The van der Waals surface area contributed by atoms with Gasteiger partial charge in [0.1, 0.15) is 11.6 Å². The molecule has 33 heavy (non-hydrogen) atoms. The van der Waals surface area contributed by atoms with Gasteiger partial charge in [-0.3, -0.25) is 0 Å². The molecule has 0 fully saturated rings. The number of ether oxygens (including phenoxy) is 1. The SMILES string of the molecule is CCc1ccc(-c2ccc(OC(=O)c3ccc(-c4ccc(C)cc4)c(F)c3F)cc2)c(F)c1.